The number of allylic oxidation sites excluding steroid dienone is 5. The molecule has 0 nitrogen and oxygen atoms in total. The van der Waals surface area contributed by atoms with Gasteiger partial charge >= 0.3 is 0 Å². The highest BCUT2D eigenvalue weighted by atomic mass is 14.5. The minimum atomic E-state index is 0.490. The Morgan fingerprint density at radius 2 is 1.87 bits per heavy atom. The SMILES string of the molecule is C=C/C=C(CC)\C(C)=C/CC1(C)CC(CC)C(CCC)C1CC. The van der Waals surface area contributed by atoms with Crippen LogP contribution in [0.2, 0.25) is 0 Å². The molecule has 0 saturated heterocycles. The second-order valence-corrected chi connectivity index (χ2v) is 7.87. The summed E-state index contributed by atoms with van der Waals surface area (Å²) in [5.74, 6) is 2.78. The van der Waals surface area contributed by atoms with E-state index in [9.17, 15) is 0 Å². The molecule has 1 rings (SSSR count). The van der Waals surface area contributed by atoms with Gasteiger partial charge in [-0.2, -0.15) is 0 Å². The Morgan fingerprint density at radius 3 is 2.35 bits per heavy atom. The van der Waals surface area contributed by atoms with Gasteiger partial charge in [0.05, 0.1) is 0 Å². The molecule has 1 fully saturated rings. The Morgan fingerprint density at radius 1 is 1.17 bits per heavy atom. The lowest BCUT2D eigenvalue weighted by atomic mass is 9.72. The second-order valence-electron chi connectivity index (χ2n) is 7.87. The van der Waals surface area contributed by atoms with E-state index in [0.717, 1.165) is 24.2 Å². The van der Waals surface area contributed by atoms with E-state index in [2.05, 4.69) is 60.3 Å². The predicted octanol–water partition coefficient (Wildman–Crippen LogP) is 7.72. The second kappa shape index (κ2) is 9.50. The van der Waals surface area contributed by atoms with Crippen molar-refractivity contribution in [1.29, 1.82) is 0 Å². The molecule has 0 bridgehead atoms. The normalized spacial score (nSPS) is 32.3. The van der Waals surface area contributed by atoms with Crippen molar-refractivity contribution in [1.82, 2.24) is 0 Å². The molecule has 0 aromatic carbocycles. The van der Waals surface area contributed by atoms with Crippen molar-refractivity contribution >= 4 is 0 Å². The van der Waals surface area contributed by atoms with E-state index in [1.54, 1.807) is 0 Å². The van der Waals surface area contributed by atoms with Crippen LogP contribution in [0.4, 0.5) is 0 Å². The van der Waals surface area contributed by atoms with Crippen LogP contribution in [-0.4, -0.2) is 0 Å². The van der Waals surface area contributed by atoms with Gasteiger partial charge in [0.2, 0.25) is 0 Å². The van der Waals surface area contributed by atoms with Crippen LogP contribution in [0.5, 0.6) is 0 Å². The van der Waals surface area contributed by atoms with Crippen LogP contribution in [0, 0.1) is 23.2 Å². The fraction of sp³-hybridized carbons (Fsp3) is 0.739. The lowest BCUT2D eigenvalue weighted by molar-refractivity contribution is 0.179. The Balaban J connectivity index is 2.96. The first-order chi connectivity index (χ1) is 11.0. The molecule has 0 aromatic heterocycles. The van der Waals surface area contributed by atoms with Crippen LogP contribution in [0.25, 0.3) is 0 Å². The van der Waals surface area contributed by atoms with E-state index >= 15 is 0 Å². The fourth-order valence-corrected chi connectivity index (χ4v) is 5.18. The largest absolute Gasteiger partial charge is 0.0991 e. The average molecular weight is 317 g/mol. The number of hydrogen-bond donors (Lipinski definition) is 0. The van der Waals surface area contributed by atoms with Crippen molar-refractivity contribution in [3.63, 3.8) is 0 Å². The first kappa shape index (κ1) is 20.3. The minimum absolute atomic E-state index is 0.490. The minimum Gasteiger partial charge on any atom is -0.0991 e. The van der Waals surface area contributed by atoms with Crippen molar-refractivity contribution in [3.05, 3.63) is 36.0 Å². The summed E-state index contributed by atoms with van der Waals surface area (Å²) in [5, 5.41) is 0. The first-order valence-electron chi connectivity index (χ1n) is 9.95. The van der Waals surface area contributed by atoms with Gasteiger partial charge in [0.1, 0.15) is 0 Å². The van der Waals surface area contributed by atoms with Crippen LogP contribution < -0.4 is 0 Å². The molecule has 1 saturated carbocycles. The monoisotopic (exact) mass is 316 g/mol. The zero-order chi connectivity index (χ0) is 17.5. The third-order valence-corrected chi connectivity index (χ3v) is 6.41. The topological polar surface area (TPSA) is 0 Å². The van der Waals surface area contributed by atoms with Crippen molar-refractivity contribution < 1.29 is 0 Å². The van der Waals surface area contributed by atoms with Gasteiger partial charge in [-0.3, -0.25) is 0 Å². The van der Waals surface area contributed by atoms with Crippen LogP contribution >= 0.6 is 0 Å². The average Bonchev–Trinajstić information content (AvgIpc) is 2.82. The molecule has 0 N–H and O–H groups in total. The number of hydrogen-bond acceptors (Lipinski definition) is 0. The summed E-state index contributed by atoms with van der Waals surface area (Å²) in [6, 6.07) is 0. The molecule has 4 unspecified atom stereocenters. The predicted molar refractivity (Wildman–Crippen MR) is 106 cm³/mol. The van der Waals surface area contributed by atoms with Gasteiger partial charge in [-0.05, 0) is 54.9 Å². The van der Waals surface area contributed by atoms with E-state index in [0.29, 0.717) is 5.41 Å². The summed E-state index contributed by atoms with van der Waals surface area (Å²) in [4.78, 5) is 0. The third kappa shape index (κ3) is 4.85. The molecule has 1 aliphatic carbocycles. The van der Waals surface area contributed by atoms with Crippen LogP contribution in [-0.2, 0) is 0 Å². The lowest BCUT2D eigenvalue weighted by Crippen LogP contribution is -2.24. The lowest BCUT2D eigenvalue weighted by Gasteiger charge is -2.33. The van der Waals surface area contributed by atoms with Gasteiger partial charge in [-0.15, -0.1) is 0 Å². The zero-order valence-corrected chi connectivity index (χ0v) is 16.6. The quantitative estimate of drug-likeness (QED) is 0.382. The molecule has 132 valence electrons. The summed E-state index contributed by atoms with van der Waals surface area (Å²) in [7, 11) is 0. The zero-order valence-electron chi connectivity index (χ0n) is 16.6. The standard InChI is InChI=1S/C23H40/c1-8-13-19(10-3)18(6)15-16-23(7)17-20(11-4)21(14-9-2)22(23)12-5/h8,13,15,20-22H,1,9-12,14,16-17H2,2-7H3/b18-15-,19-13-. The molecule has 0 aliphatic heterocycles. The maximum Gasteiger partial charge on any atom is -0.0257 e. The molecule has 1 aliphatic rings. The van der Waals surface area contributed by atoms with E-state index in [1.165, 1.54) is 49.7 Å². The molecule has 4 atom stereocenters. The van der Waals surface area contributed by atoms with Crippen molar-refractivity contribution in [2.45, 2.75) is 86.5 Å². The van der Waals surface area contributed by atoms with Gasteiger partial charge in [-0.25, -0.2) is 0 Å². The van der Waals surface area contributed by atoms with Crippen molar-refractivity contribution in [3.8, 4) is 0 Å². The highest BCUT2D eigenvalue weighted by Crippen LogP contribution is 2.56. The smallest absolute Gasteiger partial charge is 0.0257 e. The molecule has 0 aromatic rings. The van der Waals surface area contributed by atoms with E-state index < -0.39 is 0 Å². The molecule has 0 amide bonds. The van der Waals surface area contributed by atoms with Gasteiger partial charge in [0.25, 0.3) is 0 Å². The Bertz CT molecular complexity index is 425. The highest BCUT2D eigenvalue weighted by Gasteiger charge is 2.47. The highest BCUT2D eigenvalue weighted by molar-refractivity contribution is 5.31. The van der Waals surface area contributed by atoms with Gasteiger partial charge in [-0.1, -0.05) is 90.7 Å². The van der Waals surface area contributed by atoms with Gasteiger partial charge < -0.3 is 0 Å². The Kier molecular flexibility index (Phi) is 8.37. The van der Waals surface area contributed by atoms with Gasteiger partial charge in [0, 0.05) is 0 Å². The Hall–Kier alpha value is -0.780. The van der Waals surface area contributed by atoms with E-state index in [4.69, 9.17) is 0 Å². The summed E-state index contributed by atoms with van der Waals surface area (Å²) in [5.41, 5.74) is 3.38. The van der Waals surface area contributed by atoms with Crippen molar-refractivity contribution in [2.75, 3.05) is 0 Å². The van der Waals surface area contributed by atoms with Gasteiger partial charge in [0.15, 0.2) is 0 Å². The summed E-state index contributed by atoms with van der Waals surface area (Å²) in [6.07, 6.45) is 15.8. The molecule has 0 radical (unpaired) electrons. The first-order valence-corrected chi connectivity index (χ1v) is 9.95. The molecule has 0 spiro atoms. The van der Waals surface area contributed by atoms with Crippen LogP contribution in [0.1, 0.15) is 86.5 Å². The van der Waals surface area contributed by atoms with Crippen LogP contribution in [0.15, 0.2) is 36.0 Å². The number of rotatable bonds is 9. The maximum absolute atomic E-state index is 3.86. The molecule has 0 heterocycles. The Labute approximate surface area is 146 Å². The summed E-state index contributed by atoms with van der Waals surface area (Å²) in [6.45, 7) is 18.1. The molecule has 23 heavy (non-hydrogen) atoms. The van der Waals surface area contributed by atoms with Crippen molar-refractivity contribution in [2.24, 2.45) is 23.2 Å². The third-order valence-electron chi connectivity index (χ3n) is 6.41. The van der Waals surface area contributed by atoms with E-state index in [-0.39, 0.29) is 0 Å². The molecule has 0 heteroatoms. The fourth-order valence-electron chi connectivity index (χ4n) is 5.18. The van der Waals surface area contributed by atoms with E-state index in [1.807, 2.05) is 6.08 Å². The summed E-state index contributed by atoms with van der Waals surface area (Å²) < 4.78 is 0. The maximum atomic E-state index is 3.86. The summed E-state index contributed by atoms with van der Waals surface area (Å²) >= 11 is 0. The molecular weight excluding hydrogens is 276 g/mol. The van der Waals surface area contributed by atoms with Crippen LogP contribution in [0.3, 0.4) is 0 Å². The molecular formula is C23H40.